The minimum absolute atomic E-state index is 0.150. The highest BCUT2D eigenvalue weighted by Gasteiger charge is 2.09. The molecule has 0 bridgehead atoms. The molecule has 2 aromatic heterocycles. The lowest BCUT2D eigenvalue weighted by atomic mass is 10.2. The van der Waals surface area contributed by atoms with Crippen LogP contribution in [0.1, 0.15) is 30.2 Å². The molecular weight excluding hydrogens is 282 g/mol. The number of halogens is 1. The molecule has 17 heavy (non-hydrogen) atoms. The third kappa shape index (κ3) is 3.38. The Morgan fingerprint density at radius 2 is 2.24 bits per heavy atom. The van der Waals surface area contributed by atoms with Gasteiger partial charge in [0.1, 0.15) is 11.6 Å². The van der Waals surface area contributed by atoms with Crippen molar-refractivity contribution in [2.45, 2.75) is 26.4 Å². The molecule has 1 unspecified atom stereocenters. The Morgan fingerprint density at radius 1 is 1.41 bits per heavy atom. The number of hydrogen-bond donors (Lipinski definition) is 1. The Bertz CT molecular complexity index is 498. The van der Waals surface area contributed by atoms with Crippen molar-refractivity contribution >= 4 is 15.9 Å². The van der Waals surface area contributed by atoms with Gasteiger partial charge in [0, 0.05) is 12.7 Å². The summed E-state index contributed by atoms with van der Waals surface area (Å²) in [6, 6.07) is 5.90. The maximum absolute atomic E-state index is 5.48. The molecule has 0 fully saturated rings. The van der Waals surface area contributed by atoms with Crippen LogP contribution in [0, 0.1) is 6.92 Å². The fourth-order valence-electron chi connectivity index (χ4n) is 1.52. The van der Waals surface area contributed by atoms with E-state index in [0.717, 1.165) is 21.9 Å². The van der Waals surface area contributed by atoms with E-state index in [-0.39, 0.29) is 6.04 Å². The molecule has 2 heterocycles. The second-order valence-corrected chi connectivity index (χ2v) is 4.62. The van der Waals surface area contributed by atoms with Gasteiger partial charge in [0.2, 0.25) is 0 Å². The predicted molar refractivity (Wildman–Crippen MR) is 68.4 cm³/mol. The quantitative estimate of drug-likeness (QED) is 0.942. The van der Waals surface area contributed by atoms with Gasteiger partial charge < -0.3 is 9.73 Å². The normalized spacial score (nSPS) is 12.6. The van der Waals surface area contributed by atoms with Crippen LogP contribution < -0.4 is 5.32 Å². The lowest BCUT2D eigenvalue weighted by Gasteiger charge is -2.10. The largest absolute Gasteiger partial charge is 0.453 e. The van der Waals surface area contributed by atoms with Crippen LogP contribution in [0.15, 0.2) is 33.5 Å². The second kappa shape index (κ2) is 5.42. The summed E-state index contributed by atoms with van der Waals surface area (Å²) in [5.74, 6) is 1.69. The summed E-state index contributed by atoms with van der Waals surface area (Å²) in [5.41, 5.74) is 0.981. The highest BCUT2D eigenvalue weighted by atomic mass is 79.9. The molecule has 4 nitrogen and oxygen atoms in total. The second-order valence-electron chi connectivity index (χ2n) is 3.84. The van der Waals surface area contributed by atoms with Gasteiger partial charge in [-0.1, -0.05) is 0 Å². The van der Waals surface area contributed by atoms with Gasteiger partial charge >= 0.3 is 0 Å². The molecule has 0 spiro atoms. The number of nitrogens with one attached hydrogen (secondary N) is 1. The van der Waals surface area contributed by atoms with Crippen LogP contribution in [0.25, 0.3) is 0 Å². The zero-order valence-corrected chi connectivity index (χ0v) is 11.4. The van der Waals surface area contributed by atoms with Crippen molar-refractivity contribution in [3.63, 3.8) is 0 Å². The van der Waals surface area contributed by atoms with Gasteiger partial charge in [0.25, 0.3) is 0 Å². The van der Waals surface area contributed by atoms with Crippen LogP contribution in [-0.2, 0) is 6.54 Å². The first-order chi connectivity index (χ1) is 8.15. The van der Waals surface area contributed by atoms with Crippen molar-refractivity contribution in [1.29, 1.82) is 0 Å². The van der Waals surface area contributed by atoms with E-state index >= 15 is 0 Å². The standard InChI is InChI=1S/C12H14BrN3O/c1-8(11-3-4-12(13)17-11)15-7-10-5-6-14-9(2)16-10/h3-6,8,15H,7H2,1-2H3. The number of nitrogens with zero attached hydrogens (tertiary/aromatic N) is 2. The third-order valence-corrected chi connectivity index (χ3v) is 2.87. The molecule has 1 N–H and O–H groups in total. The summed E-state index contributed by atoms with van der Waals surface area (Å²) in [4.78, 5) is 8.40. The summed E-state index contributed by atoms with van der Waals surface area (Å²) < 4.78 is 6.23. The lowest BCUT2D eigenvalue weighted by Crippen LogP contribution is -2.18. The average Bonchev–Trinajstić information content (AvgIpc) is 2.73. The Balaban J connectivity index is 1.94. The number of hydrogen-bond acceptors (Lipinski definition) is 4. The van der Waals surface area contributed by atoms with E-state index in [1.54, 1.807) is 6.20 Å². The lowest BCUT2D eigenvalue weighted by molar-refractivity contribution is 0.416. The van der Waals surface area contributed by atoms with Crippen LogP contribution in [-0.4, -0.2) is 9.97 Å². The number of aryl methyl sites for hydroxylation is 1. The molecule has 2 rings (SSSR count). The molecule has 0 aliphatic heterocycles. The van der Waals surface area contributed by atoms with Crippen molar-refractivity contribution in [2.75, 3.05) is 0 Å². The third-order valence-electron chi connectivity index (χ3n) is 2.44. The van der Waals surface area contributed by atoms with Crippen LogP contribution in [0.3, 0.4) is 0 Å². The van der Waals surface area contributed by atoms with Crippen molar-refractivity contribution in [3.05, 3.63) is 46.3 Å². The van der Waals surface area contributed by atoms with Crippen LogP contribution in [0.5, 0.6) is 0 Å². The molecule has 5 heteroatoms. The van der Waals surface area contributed by atoms with E-state index in [2.05, 4.69) is 38.1 Å². The first-order valence-electron chi connectivity index (χ1n) is 5.42. The fourth-order valence-corrected chi connectivity index (χ4v) is 1.84. The first kappa shape index (κ1) is 12.3. The molecule has 0 amide bonds. The van der Waals surface area contributed by atoms with Crippen LogP contribution in [0.2, 0.25) is 0 Å². The molecule has 0 saturated carbocycles. The maximum Gasteiger partial charge on any atom is 0.169 e. The average molecular weight is 296 g/mol. The summed E-state index contributed by atoms with van der Waals surface area (Å²) in [6.45, 7) is 4.64. The van der Waals surface area contributed by atoms with Crippen LogP contribution >= 0.6 is 15.9 Å². The van der Waals surface area contributed by atoms with E-state index in [0.29, 0.717) is 6.54 Å². The molecule has 0 radical (unpaired) electrons. The zero-order chi connectivity index (χ0) is 12.3. The Kier molecular flexibility index (Phi) is 3.91. The van der Waals surface area contributed by atoms with Gasteiger partial charge in [-0.05, 0) is 48.0 Å². The van der Waals surface area contributed by atoms with Crippen molar-refractivity contribution in [1.82, 2.24) is 15.3 Å². The minimum Gasteiger partial charge on any atom is -0.453 e. The smallest absolute Gasteiger partial charge is 0.169 e. The number of furan rings is 1. The minimum atomic E-state index is 0.150. The summed E-state index contributed by atoms with van der Waals surface area (Å²) >= 11 is 3.29. The molecule has 0 aliphatic carbocycles. The molecule has 2 aromatic rings. The van der Waals surface area contributed by atoms with E-state index in [1.165, 1.54) is 0 Å². The van der Waals surface area contributed by atoms with Crippen LogP contribution in [0.4, 0.5) is 0 Å². The summed E-state index contributed by atoms with van der Waals surface area (Å²) in [7, 11) is 0. The number of aromatic nitrogens is 2. The van der Waals surface area contributed by atoms with Gasteiger partial charge in [-0.25, -0.2) is 9.97 Å². The monoisotopic (exact) mass is 295 g/mol. The molecule has 1 atom stereocenters. The summed E-state index contributed by atoms with van der Waals surface area (Å²) in [6.07, 6.45) is 1.77. The van der Waals surface area contributed by atoms with Crippen molar-refractivity contribution < 1.29 is 4.42 Å². The van der Waals surface area contributed by atoms with Gasteiger partial charge in [0.05, 0.1) is 11.7 Å². The number of rotatable bonds is 4. The van der Waals surface area contributed by atoms with E-state index in [4.69, 9.17) is 4.42 Å². The van der Waals surface area contributed by atoms with Crippen molar-refractivity contribution in [3.8, 4) is 0 Å². The van der Waals surface area contributed by atoms with E-state index in [9.17, 15) is 0 Å². The van der Waals surface area contributed by atoms with Gasteiger partial charge in [-0.3, -0.25) is 0 Å². The maximum atomic E-state index is 5.48. The molecular formula is C12H14BrN3O. The predicted octanol–water partition coefficient (Wildman–Crippen LogP) is 2.99. The summed E-state index contributed by atoms with van der Waals surface area (Å²) in [5, 5.41) is 3.35. The fraction of sp³-hybridized carbons (Fsp3) is 0.333. The van der Waals surface area contributed by atoms with Gasteiger partial charge in [0.15, 0.2) is 4.67 Å². The molecule has 0 aromatic carbocycles. The molecule has 0 saturated heterocycles. The highest BCUT2D eigenvalue weighted by molar-refractivity contribution is 9.10. The van der Waals surface area contributed by atoms with E-state index in [1.807, 2.05) is 25.1 Å². The van der Waals surface area contributed by atoms with Gasteiger partial charge in [-0.15, -0.1) is 0 Å². The van der Waals surface area contributed by atoms with Gasteiger partial charge in [-0.2, -0.15) is 0 Å². The SMILES string of the molecule is Cc1nccc(CNC(C)c2ccc(Br)o2)n1. The Labute approximate surface area is 109 Å². The van der Waals surface area contributed by atoms with Crippen molar-refractivity contribution in [2.24, 2.45) is 0 Å². The molecule has 0 aliphatic rings. The highest BCUT2D eigenvalue weighted by Crippen LogP contribution is 2.20. The topological polar surface area (TPSA) is 51.0 Å². The van der Waals surface area contributed by atoms with E-state index < -0.39 is 0 Å². The molecule has 90 valence electrons. The first-order valence-corrected chi connectivity index (χ1v) is 6.21. The Hall–Kier alpha value is -1.20. The Morgan fingerprint density at radius 3 is 2.88 bits per heavy atom. The zero-order valence-electron chi connectivity index (χ0n) is 9.77.